The SMILES string of the molecule is CC1CC(O)(c2ccc(Sc3ccc4c(c3)CCC(=O)N4C)s2)CCO1. The highest BCUT2D eigenvalue weighted by Gasteiger charge is 2.36. The van der Waals surface area contributed by atoms with Gasteiger partial charge in [0.25, 0.3) is 0 Å². The lowest BCUT2D eigenvalue weighted by Gasteiger charge is -2.34. The van der Waals surface area contributed by atoms with Gasteiger partial charge in [0.05, 0.1) is 16.9 Å². The Kier molecular flexibility index (Phi) is 4.86. The van der Waals surface area contributed by atoms with Crippen LogP contribution in [0.1, 0.15) is 36.6 Å². The van der Waals surface area contributed by atoms with Crippen LogP contribution in [0.4, 0.5) is 5.69 Å². The summed E-state index contributed by atoms with van der Waals surface area (Å²) in [7, 11) is 1.84. The summed E-state index contributed by atoms with van der Waals surface area (Å²) in [6, 6.07) is 10.4. The highest BCUT2D eigenvalue weighted by atomic mass is 32.2. The summed E-state index contributed by atoms with van der Waals surface area (Å²) in [5.74, 6) is 0.180. The number of thiophene rings is 1. The zero-order valence-electron chi connectivity index (χ0n) is 15.0. The second-order valence-electron chi connectivity index (χ2n) is 7.13. The topological polar surface area (TPSA) is 49.8 Å². The summed E-state index contributed by atoms with van der Waals surface area (Å²) >= 11 is 3.39. The van der Waals surface area contributed by atoms with Gasteiger partial charge in [-0.05, 0) is 49.2 Å². The number of carbonyl (C=O) groups is 1. The van der Waals surface area contributed by atoms with Crippen molar-refractivity contribution >= 4 is 34.7 Å². The second-order valence-corrected chi connectivity index (χ2v) is 9.59. The molecule has 138 valence electrons. The number of aryl methyl sites for hydroxylation is 1. The molecule has 2 atom stereocenters. The number of hydrogen-bond donors (Lipinski definition) is 1. The summed E-state index contributed by atoms with van der Waals surface area (Å²) in [5, 5.41) is 11.0. The van der Waals surface area contributed by atoms with Gasteiger partial charge < -0.3 is 14.7 Å². The van der Waals surface area contributed by atoms with Crippen LogP contribution in [0, 0.1) is 0 Å². The maximum atomic E-state index is 11.8. The van der Waals surface area contributed by atoms with Crippen molar-refractivity contribution in [3.63, 3.8) is 0 Å². The Morgan fingerprint density at radius 3 is 2.96 bits per heavy atom. The molecule has 2 aliphatic rings. The molecule has 3 heterocycles. The van der Waals surface area contributed by atoms with Gasteiger partial charge in [-0.3, -0.25) is 4.79 Å². The van der Waals surface area contributed by atoms with E-state index < -0.39 is 5.60 Å². The Labute approximate surface area is 162 Å². The molecule has 0 aliphatic carbocycles. The monoisotopic (exact) mass is 389 g/mol. The van der Waals surface area contributed by atoms with Crippen molar-refractivity contribution in [2.24, 2.45) is 0 Å². The average molecular weight is 390 g/mol. The maximum Gasteiger partial charge on any atom is 0.227 e. The molecule has 2 aliphatic heterocycles. The van der Waals surface area contributed by atoms with Crippen molar-refractivity contribution in [2.45, 2.75) is 53.4 Å². The van der Waals surface area contributed by atoms with Gasteiger partial charge in [0.15, 0.2) is 0 Å². The van der Waals surface area contributed by atoms with Crippen molar-refractivity contribution in [1.82, 2.24) is 0 Å². The summed E-state index contributed by atoms with van der Waals surface area (Å²) < 4.78 is 6.75. The molecule has 1 N–H and O–H groups in total. The average Bonchev–Trinajstić information content (AvgIpc) is 3.07. The Morgan fingerprint density at radius 2 is 2.15 bits per heavy atom. The second kappa shape index (κ2) is 7.00. The number of ether oxygens (including phenoxy) is 1. The highest BCUT2D eigenvalue weighted by Crippen LogP contribution is 2.43. The van der Waals surface area contributed by atoms with E-state index in [1.54, 1.807) is 28.0 Å². The molecule has 1 fully saturated rings. The van der Waals surface area contributed by atoms with Gasteiger partial charge in [0, 0.05) is 41.8 Å². The first-order valence-electron chi connectivity index (χ1n) is 8.96. The minimum atomic E-state index is -0.764. The molecule has 0 radical (unpaired) electrons. The van der Waals surface area contributed by atoms with Crippen molar-refractivity contribution in [3.8, 4) is 0 Å². The van der Waals surface area contributed by atoms with E-state index in [1.807, 2.05) is 20.0 Å². The number of fused-ring (bicyclic) bond motifs is 1. The Hall–Kier alpha value is -1.34. The number of hydrogen-bond acceptors (Lipinski definition) is 5. The number of aliphatic hydroxyl groups is 1. The van der Waals surface area contributed by atoms with Gasteiger partial charge in [-0.1, -0.05) is 11.8 Å². The first-order valence-corrected chi connectivity index (χ1v) is 10.6. The molecule has 6 heteroatoms. The molecule has 4 nitrogen and oxygen atoms in total. The molecule has 0 bridgehead atoms. The lowest BCUT2D eigenvalue weighted by molar-refractivity contribution is -0.118. The zero-order chi connectivity index (χ0) is 18.3. The summed E-state index contributed by atoms with van der Waals surface area (Å²) in [4.78, 5) is 15.8. The van der Waals surface area contributed by atoms with E-state index in [0.29, 0.717) is 25.9 Å². The van der Waals surface area contributed by atoms with Gasteiger partial charge in [-0.25, -0.2) is 0 Å². The van der Waals surface area contributed by atoms with E-state index in [4.69, 9.17) is 4.74 Å². The van der Waals surface area contributed by atoms with Gasteiger partial charge in [0.2, 0.25) is 5.91 Å². The molecule has 0 saturated carbocycles. The molecular weight excluding hydrogens is 366 g/mol. The third-order valence-corrected chi connectivity index (χ3v) is 7.60. The smallest absolute Gasteiger partial charge is 0.227 e. The van der Waals surface area contributed by atoms with Crippen LogP contribution in [-0.4, -0.2) is 30.8 Å². The summed E-state index contributed by atoms with van der Waals surface area (Å²) in [6.07, 6.45) is 2.78. The molecule has 2 unspecified atom stereocenters. The molecule has 1 aromatic carbocycles. The minimum Gasteiger partial charge on any atom is -0.384 e. The van der Waals surface area contributed by atoms with Crippen LogP contribution < -0.4 is 4.90 Å². The van der Waals surface area contributed by atoms with Gasteiger partial charge in [-0.2, -0.15) is 0 Å². The first kappa shape index (κ1) is 18.0. The fourth-order valence-electron chi connectivity index (χ4n) is 3.73. The van der Waals surface area contributed by atoms with Crippen LogP contribution in [0.25, 0.3) is 0 Å². The number of anilines is 1. The largest absolute Gasteiger partial charge is 0.384 e. The van der Waals surface area contributed by atoms with E-state index in [2.05, 4.69) is 24.3 Å². The lowest BCUT2D eigenvalue weighted by atomic mass is 9.89. The first-order chi connectivity index (χ1) is 12.4. The van der Waals surface area contributed by atoms with Gasteiger partial charge >= 0.3 is 0 Å². The van der Waals surface area contributed by atoms with Crippen LogP contribution >= 0.6 is 23.1 Å². The fourth-order valence-corrected chi connectivity index (χ4v) is 6.02. The molecule has 1 saturated heterocycles. The quantitative estimate of drug-likeness (QED) is 0.855. The van der Waals surface area contributed by atoms with Crippen LogP contribution in [0.15, 0.2) is 39.4 Å². The summed E-state index contributed by atoms with van der Waals surface area (Å²) in [5.41, 5.74) is 1.48. The van der Waals surface area contributed by atoms with E-state index in [1.165, 1.54) is 14.7 Å². The van der Waals surface area contributed by atoms with Crippen LogP contribution in [0.3, 0.4) is 0 Å². The molecular formula is C20H23NO3S2. The Bertz CT molecular complexity index is 834. The lowest BCUT2D eigenvalue weighted by Crippen LogP contribution is -2.36. The van der Waals surface area contributed by atoms with Crippen molar-refractivity contribution < 1.29 is 14.6 Å². The van der Waals surface area contributed by atoms with Gasteiger partial charge in [-0.15, -0.1) is 11.3 Å². The van der Waals surface area contributed by atoms with Crippen molar-refractivity contribution in [3.05, 3.63) is 40.8 Å². The van der Waals surface area contributed by atoms with E-state index >= 15 is 0 Å². The van der Waals surface area contributed by atoms with Crippen molar-refractivity contribution in [2.75, 3.05) is 18.6 Å². The van der Waals surface area contributed by atoms with Crippen LogP contribution in [0.5, 0.6) is 0 Å². The van der Waals surface area contributed by atoms with E-state index in [-0.39, 0.29) is 12.0 Å². The molecule has 26 heavy (non-hydrogen) atoms. The molecule has 1 amide bonds. The number of amides is 1. The number of benzene rings is 1. The molecule has 2 aromatic rings. The predicted octanol–water partition coefficient (Wildman–Crippen LogP) is 4.19. The standard InChI is InChI=1S/C20H23NO3S2/c1-13-12-20(23,9-10-24-13)17-6-8-19(26-17)25-15-4-5-16-14(11-15)3-7-18(22)21(16)2/h4-6,8,11,13,23H,3,7,9-10,12H2,1-2H3. The number of nitrogens with zero attached hydrogens (tertiary/aromatic N) is 1. The number of rotatable bonds is 3. The molecule has 4 rings (SSSR count). The number of carbonyl (C=O) groups excluding carboxylic acids is 1. The normalized spacial score (nSPS) is 26.0. The Balaban J connectivity index is 1.52. The fraction of sp³-hybridized carbons (Fsp3) is 0.450. The Morgan fingerprint density at radius 1 is 1.31 bits per heavy atom. The van der Waals surface area contributed by atoms with E-state index in [0.717, 1.165) is 17.0 Å². The predicted molar refractivity (Wildman–Crippen MR) is 105 cm³/mol. The minimum absolute atomic E-state index is 0.0901. The van der Waals surface area contributed by atoms with E-state index in [9.17, 15) is 9.90 Å². The van der Waals surface area contributed by atoms with Crippen molar-refractivity contribution in [1.29, 1.82) is 0 Å². The third-order valence-electron chi connectivity index (χ3n) is 5.20. The zero-order valence-corrected chi connectivity index (χ0v) is 16.7. The van der Waals surface area contributed by atoms with Gasteiger partial charge in [0.1, 0.15) is 5.60 Å². The molecule has 1 aromatic heterocycles. The maximum absolute atomic E-state index is 11.8. The van der Waals surface area contributed by atoms with Crippen LogP contribution in [-0.2, 0) is 21.6 Å². The highest BCUT2D eigenvalue weighted by molar-refractivity contribution is 8.01. The summed E-state index contributed by atoms with van der Waals surface area (Å²) in [6.45, 7) is 2.62. The third kappa shape index (κ3) is 3.43. The van der Waals surface area contributed by atoms with Crippen LogP contribution in [0.2, 0.25) is 0 Å². The molecule has 0 spiro atoms.